The summed E-state index contributed by atoms with van der Waals surface area (Å²) in [4.78, 5) is 0. The fourth-order valence-electron chi connectivity index (χ4n) is 4.12. The lowest BCUT2D eigenvalue weighted by Gasteiger charge is -2.34. The Morgan fingerprint density at radius 1 is 1.08 bits per heavy atom. The Balaban J connectivity index is 1.64. The molecule has 1 saturated heterocycles. The molecule has 0 radical (unpaired) electrons. The van der Waals surface area contributed by atoms with Crippen LogP contribution < -0.4 is 0 Å². The third kappa shape index (κ3) is 7.18. The SMILES string of the molecule is CCCC(C)C1COC(CCC2CCC(/C(F)=C/C(F)(F)F)CC2)OC1. The Kier molecular flexibility index (Phi) is 8.40. The summed E-state index contributed by atoms with van der Waals surface area (Å²) in [5, 5.41) is 0. The number of hydrogen-bond donors (Lipinski definition) is 0. The molecule has 6 heteroatoms. The van der Waals surface area contributed by atoms with E-state index in [0.29, 0.717) is 30.6 Å². The predicted molar refractivity (Wildman–Crippen MR) is 93.2 cm³/mol. The Morgan fingerprint density at radius 2 is 1.69 bits per heavy atom. The molecule has 0 aromatic rings. The van der Waals surface area contributed by atoms with E-state index < -0.39 is 17.9 Å². The van der Waals surface area contributed by atoms with E-state index >= 15 is 0 Å². The molecule has 0 amide bonds. The summed E-state index contributed by atoms with van der Waals surface area (Å²) in [5.74, 6) is -0.0900. The highest BCUT2D eigenvalue weighted by Gasteiger charge is 2.31. The average molecular weight is 380 g/mol. The molecule has 0 spiro atoms. The summed E-state index contributed by atoms with van der Waals surface area (Å²) in [6, 6.07) is 0. The summed E-state index contributed by atoms with van der Waals surface area (Å²) < 4.78 is 62.1. The van der Waals surface area contributed by atoms with Gasteiger partial charge in [0.25, 0.3) is 0 Å². The van der Waals surface area contributed by atoms with Crippen molar-refractivity contribution in [2.45, 2.75) is 77.7 Å². The first-order valence-corrected chi connectivity index (χ1v) is 9.96. The summed E-state index contributed by atoms with van der Waals surface area (Å²) in [6.45, 7) is 5.91. The van der Waals surface area contributed by atoms with Crippen molar-refractivity contribution >= 4 is 0 Å². The molecule has 2 nitrogen and oxygen atoms in total. The molecule has 1 heterocycles. The van der Waals surface area contributed by atoms with E-state index in [1.165, 1.54) is 12.8 Å². The highest BCUT2D eigenvalue weighted by atomic mass is 19.4. The van der Waals surface area contributed by atoms with Crippen LogP contribution in [-0.4, -0.2) is 25.7 Å². The van der Waals surface area contributed by atoms with E-state index in [4.69, 9.17) is 9.47 Å². The van der Waals surface area contributed by atoms with Gasteiger partial charge in [-0.15, -0.1) is 0 Å². The highest BCUT2D eigenvalue weighted by Crippen LogP contribution is 2.37. The zero-order valence-corrected chi connectivity index (χ0v) is 15.9. The number of halogens is 4. The number of ether oxygens (including phenoxy) is 2. The second-order valence-electron chi connectivity index (χ2n) is 7.99. The van der Waals surface area contributed by atoms with Gasteiger partial charge in [0.15, 0.2) is 6.29 Å². The van der Waals surface area contributed by atoms with E-state index in [1.807, 2.05) is 0 Å². The van der Waals surface area contributed by atoms with E-state index in [1.54, 1.807) is 0 Å². The van der Waals surface area contributed by atoms with Crippen molar-refractivity contribution in [3.05, 3.63) is 11.9 Å². The fourth-order valence-corrected chi connectivity index (χ4v) is 4.12. The van der Waals surface area contributed by atoms with Crippen molar-refractivity contribution in [3.8, 4) is 0 Å². The van der Waals surface area contributed by atoms with Crippen molar-refractivity contribution in [1.29, 1.82) is 0 Å². The van der Waals surface area contributed by atoms with Crippen LogP contribution in [-0.2, 0) is 9.47 Å². The molecule has 1 aliphatic heterocycles. The first-order valence-electron chi connectivity index (χ1n) is 9.96. The molecule has 1 aliphatic carbocycles. The zero-order chi connectivity index (χ0) is 19.2. The Hall–Kier alpha value is -0.620. The first-order chi connectivity index (χ1) is 12.3. The molecule has 0 bridgehead atoms. The van der Waals surface area contributed by atoms with Crippen LogP contribution in [0.25, 0.3) is 0 Å². The monoisotopic (exact) mass is 380 g/mol. The minimum Gasteiger partial charge on any atom is -0.352 e. The van der Waals surface area contributed by atoms with Crippen molar-refractivity contribution in [1.82, 2.24) is 0 Å². The van der Waals surface area contributed by atoms with Gasteiger partial charge < -0.3 is 9.47 Å². The number of allylic oxidation sites excluding steroid dienone is 2. The zero-order valence-electron chi connectivity index (χ0n) is 15.9. The molecule has 2 fully saturated rings. The van der Waals surface area contributed by atoms with Gasteiger partial charge in [-0.25, -0.2) is 4.39 Å². The Bertz CT molecular complexity index is 434. The van der Waals surface area contributed by atoms with Crippen LogP contribution in [0.3, 0.4) is 0 Å². The smallest absolute Gasteiger partial charge is 0.352 e. The van der Waals surface area contributed by atoms with Gasteiger partial charge in [-0.3, -0.25) is 0 Å². The van der Waals surface area contributed by atoms with Crippen molar-refractivity contribution in [2.24, 2.45) is 23.7 Å². The van der Waals surface area contributed by atoms with Crippen molar-refractivity contribution < 1.29 is 27.0 Å². The lowest BCUT2D eigenvalue weighted by molar-refractivity contribution is -0.211. The van der Waals surface area contributed by atoms with Gasteiger partial charge >= 0.3 is 6.18 Å². The van der Waals surface area contributed by atoms with Gasteiger partial charge in [-0.05, 0) is 50.4 Å². The largest absolute Gasteiger partial charge is 0.412 e. The number of rotatable bonds is 7. The second kappa shape index (κ2) is 10.1. The number of alkyl halides is 3. The molecule has 0 N–H and O–H groups in total. The minimum atomic E-state index is -4.57. The van der Waals surface area contributed by atoms with E-state index in [9.17, 15) is 17.6 Å². The highest BCUT2D eigenvalue weighted by molar-refractivity contribution is 5.03. The third-order valence-corrected chi connectivity index (χ3v) is 5.89. The average Bonchev–Trinajstić information content (AvgIpc) is 2.59. The van der Waals surface area contributed by atoms with E-state index in [2.05, 4.69) is 13.8 Å². The topological polar surface area (TPSA) is 18.5 Å². The van der Waals surface area contributed by atoms with E-state index in [0.717, 1.165) is 38.9 Å². The molecule has 0 aromatic carbocycles. The van der Waals surface area contributed by atoms with E-state index in [-0.39, 0.29) is 12.4 Å². The van der Waals surface area contributed by atoms with Crippen molar-refractivity contribution in [2.75, 3.05) is 13.2 Å². The molecule has 2 aliphatic rings. The predicted octanol–water partition coefficient (Wildman–Crippen LogP) is 6.41. The van der Waals surface area contributed by atoms with Gasteiger partial charge in [0, 0.05) is 11.8 Å². The van der Waals surface area contributed by atoms with Crippen LogP contribution in [0.1, 0.15) is 65.2 Å². The van der Waals surface area contributed by atoms with Crippen LogP contribution in [0.4, 0.5) is 17.6 Å². The third-order valence-electron chi connectivity index (χ3n) is 5.89. The maximum Gasteiger partial charge on any atom is 0.412 e. The van der Waals surface area contributed by atoms with Gasteiger partial charge in [-0.2, -0.15) is 13.2 Å². The standard InChI is InChI=1S/C20H32F4O2/c1-3-4-14(2)17-12-25-19(26-13-17)10-7-15-5-8-16(9-6-15)18(21)11-20(22,23)24/h11,14-17,19H,3-10,12-13H2,1-2H3/b18-11-. The van der Waals surface area contributed by atoms with Gasteiger partial charge in [0.05, 0.1) is 19.3 Å². The molecule has 2 rings (SSSR count). The summed E-state index contributed by atoms with van der Waals surface area (Å²) in [5.41, 5.74) is 0. The van der Waals surface area contributed by atoms with Crippen LogP contribution >= 0.6 is 0 Å². The Labute approximate surface area is 154 Å². The van der Waals surface area contributed by atoms with Crippen LogP contribution in [0.2, 0.25) is 0 Å². The van der Waals surface area contributed by atoms with Gasteiger partial charge in [-0.1, -0.05) is 26.7 Å². The number of hydrogen-bond acceptors (Lipinski definition) is 2. The molecule has 152 valence electrons. The second-order valence-corrected chi connectivity index (χ2v) is 7.99. The molecule has 26 heavy (non-hydrogen) atoms. The normalized spacial score (nSPS) is 32.5. The van der Waals surface area contributed by atoms with Crippen LogP contribution in [0, 0.1) is 23.7 Å². The summed E-state index contributed by atoms with van der Waals surface area (Å²) >= 11 is 0. The molecule has 1 saturated carbocycles. The first kappa shape index (κ1) is 21.7. The lowest BCUT2D eigenvalue weighted by atomic mass is 9.79. The Morgan fingerprint density at radius 3 is 2.23 bits per heavy atom. The fraction of sp³-hybridized carbons (Fsp3) is 0.900. The van der Waals surface area contributed by atoms with Crippen LogP contribution in [0.5, 0.6) is 0 Å². The molecular formula is C20H32F4O2. The molecular weight excluding hydrogens is 348 g/mol. The molecule has 1 unspecified atom stereocenters. The van der Waals surface area contributed by atoms with Gasteiger partial charge in [0.2, 0.25) is 0 Å². The molecule has 1 atom stereocenters. The quantitative estimate of drug-likeness (QED) is 0.475. The molecule has 0 aromatic heterocycles. The van der Waals surface area contributed by atoms with Crippen LogP contribution in [0.15, 0.2) is 11.9 Å². The van der Waals surface area contributed by atoms with Gasteiger partial charge in [0.1, 0.15) is 5.83 Å². The maximum absolute atomic E-state index is 13.6. The maximum atomic E-state index is 13.6. The summed E-state index contributed by atoms with van der Waals surface area (Å²) in [7, 11) is 0. The lowest BCUT2D eigenvalue weighted by Crippen LogP contribution is -2.35. The van der Waals surface area contributed by atoms with Crippen molar-refractivity contribution in [3.63, 3.8) is 0 Å². The summed E-state index contributed by atoms with van der Waals surface area (Å²) in [6.07, 6.45) is 1.70. The minimum absolute atomic E-state index is 0.167.